The average molecular weight is 349 g/mol. The van der Waals surface area contributed by atoms with Crippen molar-refractivity contribution >= 4 is 5.82 Å². The van der Waals surface area contributed by atoms with Crippen LogP contribution in [0.4, 0.5) is 5.82 Å². The summed E-state index contributed by atoms with van der Waals surface area (Å²) in [5, 5.41) is 3.18. The van der Waals surface area contributed by atoms with E-state index in [0.717, 1.165) is 47.1 Å². The summed E-state index contributed by atoms with van der Waals surface area (Å²) in [6, 6.07) is 6.40. The Hall–Kier alpha value is -2.89. The first kappa shape index (κ1) is 16.6. The molecular formula is C20H23N5O. The van der Waals surface area contributed by atoms with Crippen molar-refractivity contribution in [2.24, 2.45) is 5.92 Å². The van der Waals surface area contributed by atoms with Gasteiger partial charge in [-0.1, -0.05) is 13.0 Å². The molecule has 26 heavy (non-hydrogen) atoms. The van der Waals surface area contributed by atoms with Crippen LogP contribution in [-0.2, 0) is 6.42 Å². The molecule has 6 nitrogen and oxygen atoms in total. The van der Waals surface area contributed by atoms with E-state index >= 15 is 0 Å². The molecule has 0 radical (unpaired) electrons. The minimum absolute atomic E-state index is 0.377. The van der Waals surface area contributed by atoms with Crippen molar-refractivity contribution in [2.45, 2.75) is 26.2 Å². The molecule has 1 aromatic carbocycles. The monoisotopic (exact) mass is 349 g/mol. The van der Waals surface area contributed by atoms with Crippen molar-refractivity contribution in [1.29, 1.82) is 0 Å². The second-order valence-corrected chi connectivity index (χ2v) is 6.86. The molecule has 3 aromatic rings. The van der Waals surface area contributed by atoms with Crippen LogP contribution in [-0.4, -0.2) is 33.6 Å². The normalized spacial score (nSPS) is 18.9. The summed E-state index contributed by atoms with van der Waals surface area (Å²) >= 11 is 0. The van der Waals surface area contributed by atoms with Crippen molar-refractivity contribution in [2.75, 3.05) is 19.0 Å². The van der Waals surface area contributed by atoms with E-state index < -0.39 is 0 Å². The lowest BCUT2D eigenvalue weighted by Gasteiger charge is -2.32. The maximum atomic E-state index is 5.99. The van der Waals surface area contributed by atoms with E-state index in [1.165, 1.54) is 5.56 Å². The number of nitrogens with one attached hydrogen (secondary N) is 2. The van der Waals surface area contributed by atoms with Gasteiger partial charge in [-0.05, 0) is 48.4 Å². The molecule has 4 rings (SSSR count). The highest BCUT2D eigenvalue weighted by Gasteiger charge is 2.29. The van der Waals surface area contributed by atoms with Gasteiger partial charge in [-0.3, -0.25) is 0 Å². The number of H-pyrrole nitrogens is 1. The van der Waals surface area contributed by atoms with Crippen molar-refractivity contribution in [3.8, 4) is 16.9 Å². The van der Waals surface area contributed by atoms with Crippen LogP contribution in [0.1, 0.15) is 29.8 Å². The van der Waals surface area contributed by atoms with Crippen LogP contribution in [0.3, 0.4) is 0 Å². The summed E-state index contributed by atoms with van der Waals surface area (Å²) < 4.78 is 5.99. The summed E-state index contributed by atoms with van der Waals surface area (Å²) in [6.45, 7) is 4.99. The number of benzene rings is 1. The van der Waals surface area contributed by atoms with Gasteiger partial charge in [0.2, 0.25) is 0 Å². The van der Waals surface area contributed by atoms with E-state index in [1.54, 1.807) is 12.7 Å². The Morgan fingerprint density at radius 2 is 2.19 bits per heavy atom. The van der Waals surface area contributed by atoms with Gasteiger partial charge in [0, 0.05) is 24.5 Å². The molecule has 2 N–H and O–H groups in total. The highest BCUT2D eigenvalue weighted by molar-refractivity contribution is 5.78. The van der Waals surface area contributed by atoms with Crippen LogP contribution in [0.2, 0.25) is 0 Å². The van der Waals surface area contributed by atoms with Crippen molar-refractivity contribution in [1.82, 2.24) is 19.9 Å². The van der Waals surface area contributed by atoms with E-state index in [1.807, 2.05) is 20.2 Å². The fourth-order valence-electron chi connectivity index (χ4n) is 3.72. The molecule has 0 aliphatic carbocycles. The standard InChI is InChI=1S/C20H23N5O/c1-12-9-26-18-5-4-14(19-13(2)23-11-25-20(19)21-3)6-17(18)16(12)7-15-8-22-10-24-15/h4-6,8,10-12,16H,7,9H2,1-3H3,(H,22,24)(H,21,23,25)/t12-,16-/m0/s1. The Balaban J connectivity index is 1.79. The lowest BCUT2D eigenvalue weighted by molar-refractivity contribution is 0.204. The Bertz CT molecular complexity index is 907. The van der Waals surface area contributed by atoms with Gasteiger partial charge in [-0.15, -0.1) is 0 Å². The third kappa shape index (κ3) is 2.92. The average Bonchev–Trinajstić information content (AvgIpc) is 3.17. The van der Waals surface area contributed by atoms with E-state index in [-0.39, 0.29) is 0 Å². The molecular weight excluding hydrogens is 326 g/mol. The molecule has 0 bridgehead atoms. The number of nitrogens with zero attached hydrogens (tertiary/aromatic N) is 3. The van der Waals surface area contributed by atoms with Gasteiger partial charge in [0.15, 0.2) is 0 Å². The molecule has 0 amide bonds. The van der Waals surface area contributed by atoms with Crippen LogP contribution < -0.4 is 10.1 Å². The number of ether oxygens (including phenoxy) is 1. The van der Waals surface area contributed by atoms with Crippen LogP contribution in [0.15, 0.2) is 37.1 Å². The molecule has 0 saturated heterocycles. The first-order chi connectivity index (χ1) is 12.7. The number of aryl methyl sites for hydroxylation is 1. The topological polar surface area (TPSA) is 75.7 Å². The Morgan fingerprint density at radius 1 is 1.31 bits per heavy atom. The maximum Gasteiger partial charge on any atom is 0.137 e. The third-order valence-corrected chi connectivity index (χ3v) is 5.15. The van der Waals surface area contributed by atoms with Crippen molar-refractivity contribution in [3.05, 3.63) is 54.0 Å². The van der Waals surface area contributed by atoms with E-state index in [4.69, 9.17) is 4.74 Å². The van der Waals surface area contributed by atoms with Gasteiger partial charge < -0.3 is 15.0 Å². The number of imidazole rings is 1. The molecule has 134 valence electrons. The minimum atomic E-state index is 0.377. The zero-order valence-corrected chi connectivity index (χ0v) is 15.3. The first-order valence-corrected chi connectivity index (χ1v) is 8.91. The molecule has 0 spiro atoms. The summed E-state index contributed by atoms with van der Waals surface area (Å²) in [4.78, 5) is 16.1. The van der Waals surface area contributed by atoms with Crippen LogP contribution >= 0.6 is 0 Å². The zero-order chi connectivity index (χ0) is 18.1. The molecule has 1 aliphatic heterocycles. The number of rotatable bonds is 4. The van der Waals surface area contributed by atoms with Crippen LogP contribution in [0.5, 0.6) is 5.75 Å². The summed E-state index contributed by atoms with van der Waals surface area (Å²) in [6.07, 6.45) is 6.15. The lowest BCUT2D eigenvalue weighted by atomic mass is 9.81. The van der Waals surface area contributed by atoms with Gasteiger partial charge in [0.25, 0.3) is 0 Å². The zero-order valence-electron chi connectivity index (χ0n) is 15.3. The molecule has 3 heterocycles. The number of aromatic nitrogens is 4. The fraction of sp³-hybridized carbons (Fsp3) is 0.350. The first-order valence-electron chi connectivity index (χ1n) is 8.91. The second kappa shape index (κ2) is 6.78. The highest BCUT2D eigenvalue weighted by atomic mass is 16.5. The van der Waals surface area contributed by atoms with Gasteiger partial charge >= 0.3 is 0 Å². The third-order valence-electron chi connectivity index (χ3n) is 5.15. The van der Waals surface area contributed by atoms with Crippen LogP contribution in [0.25, 0.3) is 11.1 Å². The molecule has 0 saturated carbocycles. The second-order valence-electron chi connectivity index (χ2n) is 6.86. The van der Waals surface area contributed by atoms with Gasteiger partial charge in [0.05, 0.1) is 18.6 Å². The quantitative estimate of drug-likeness (QED) is 0.753. The number of hydrogen-bond acceptors (Lipinski definition) is 5. The van der Waals surface area contributed by atoms with Crippen molar-refractivity contribution < 1.29 is 4.74 Å². The summed E-state index contributed by atoms with van der Waals surface area (Å²) in [5.41, 5.74) is 5.49. The van der Waals surface area contributed by atoms with E-state index in [9.17, 15) is 0 Å². The predicted octanol–water partition coefficient (Wildman–Crippen LogP) is 3.57. The van der Waals surface area contributed by atoms with Gasteiger partial charge in [-0.2, -0.15) is 0 Å². The molecule has 0 fully saturated rings. The maximum absolute atomic E-state index is 5.99. The number of fused-ring (bicyclic) bond motifs is 1. The number of hydrogen-bond donors (Lipinski definition) is 2. The van der Waals surface area contributed by atoms with E-state index in [2.05, 4.69) is 50.4 Å². The molecule has 0 unspecified atom stereocenters. The Kier molecular flexibility index (Phi) is 4.32. The molecule has 1 aliphatic rings. The number of anilines is 1. The minimum Gasteiger partial charge on any atom is -0.493 e. The SMILES string of the molecule is CNc1ncnc(C)c1-c1ccc2c(c1)[C@@H](Cc1cnc[nH]1)[C@@H](C)CO2. The van der Waals surface area contributed by atoms with Gasteiger partial charge in [-0.25, -0.2) is 15.0 Å². The number of aromatic amines is 1. The summed E-state index contributed by atoms with van der Waals surface area (Å²) in [7, 11) is 1.88. The molecule has 2 atom stereocenters. The van der Waals surface area contributed by atoms with Crippen molar-refractivity contribution in [3.63, 3.8) is 0 Å². The predicted molar refractivity (Wildman–Crippen MR) is 101 cm³/mol. The lowest BCUT2D eigenvalue weighted by Crippen LogP contribution is -2.25. The smallest absolute Gasteiger partial charge is 0.137 e. The summed E-state index contributed by atoms with van der Waals surface area (Å²) in [5.74, 6) is 2.62. The highest BCUT2D eigenvalue weighted by Crippen LogP contribution is 2.42. The largest absolute Gasteiger partial charge is 0.493 e. The van der Waals surface area contributed by atoms with E-state index in [0.29, 0.717) is 11.8 Å². The Morgan fingerprint density at radius 3 is 2.96 bits per heavy atom. The fourth-order valence-corrected chi connectivity index (χ4v) is 3.72. The molecule has 2 aromatic heterocycles. The molecule has 6 heteroatoms. The van der Waals surface area contributed by atoms with Gasteiger partial charge in [0.1, 0.15) is 17.9 Å². The van der Waals surface area contributed by atoms with Crippen LogP contribution in [0, 0.1) is 12.8 Å². The Labute approximate surface area is 153 Å².